The van der Waals surface area contributed by atoms with Crippen LogP contribution < -0.4 is 10.2 Å². The molecule has 3 aliphatic rings. The van der Waals surface area contributed by atoms with Gasteiger partial charge in [-0.1, -0.05) is 32.1 Å². The quantitative estimate of drug-likeness (QED) is 0.681. The van der Waals surface area contributed by atoms with Gasteiger partial charge in [-0.05, 0) is 62.7 Å². The van der Waals surface area contributed by atoms with Crippen LogP contribution in [0.3, 0.4) is 0 Å². The zero-order valence-corrected chi connectivity index (χ0v) is 19.5. The summed E-state index contributed by atoms with van der Waals surface area (Å²) < 4.78 is 17.5. The first-order chi connectivity index (χ1) is 14.6. The lowest BCUT2D eigenvalue weighted by molar-refractivity contribution is -0.149. The van der Waals surface area contributed by atoms with Gasteiger partial charge in [0.1, 0.15) is 11.3 Å². The van der Waals surface area contributed by atoms with Crippen molar-refractivity contribution in [3.8, 4) is 5.95 Å². The summed E-state index contributed by atoms with van der Waals surface area (Å²) in [6.45, 7) is 16.4. The van der Waals surface area contributed by atoms with Crippen molar-refractivity contribution >= 4 is 0 Å². The Bertz CT molecular complexity index is 961. The first-order valence-corrected chi connectivity index (χ1v) is 11.4. The van der Waals surface area contributed by atoms with Crippen LogP contribution in [0.1, 0.15) is 68.9 Å². The molecule has 0 aromatic carbocycles. The molecule has 5 nitrogen and oxygen atoms in total. The predicted molar refractivity (Wildman–Crippen MR) is 120 cm³/mol. The van der Waals surface area contributed by atoms with Crippen molar-refractivity contribution in [2.45, 2.75) is 78.1 Å². The van der Waals surface area contributed by atoms with Crippen LogP contribution in [0.25, 0.3) is 0 Å². The van der Waals surface area contributed by atoms with Crippen LogP contribution in [0.5, 0.6) is 5.95 Å². The minimum atomic E-state index is -1.03. The Morgan fingerprint density at radius 1 is 1.26 bits per heavy atom. The normalized spacial score (nSPS) is 38.3. The topological polar surface area (TPSA) is 68.9 Å². The van der Waals surface area contributed by atoms with E-state index < -0.39 is 6.10 Å². The van der Waals surface area contributed by atoms with E-state index in [4.69, 9.17) is 13.9 Å². The van der Waals surface area contributed by atoms with Crippen LogP contribution in [0.2, 0.25) is 0 Å². The Hall–Kier alpha value is -1.85. The summed E-state index contributed by atoms with van der Waals surface area (Å²) in [5.74, 6) is 0.758. The standard InChI is InChI=1S/C26H36O5/c1-8-17-13-18-19(31-17)10-12-26(6)21(14(2)9-11-25(18,26)5)23(28)20-22(27)15(3)16(4)30-24(20)29-7/h8,17-19,21,23,28H,1-2,9-13H2,3-7H3/t17-,18?,19+,21?,23?,25-,26-/m1/s1. The second kappa shape index (κ2) is 7.63. The molecule has 1 N–H and O–H groups in total. The van der Waals surface area contributed by atoms with Gasteiger partial charge in [-0.25, -0.2) is 0 Å². The Balaban J connectivity index is 1.81. The number of aliphatic hydroxyl groups excluding tert-OH is 1. The molecule has 0 radical (unpaired) electrons. The van der Waals surface area contributed by atoms with Gasteiger partial charge in [-0.2, -0.15) is 0 Å². The molecule has 3 fully saturated rings. The van der Waals surface area contributed by atoms with Crippen LogP contribution in [-0.2, 0) is 4.74 Å². The molecule has 0 spiro atoms. The van der Waals surface area contributed by atoms with Gasteiger partial charge < -0.3 is 19.0 Å². The second-order valence-corrected chi connectivity index (χ2v) is 10.3. The van der Waals surface area contributed by atoms with Gasteiger partial charge in [-0.15, -0.1) is 6.58 Å². The highest BCUT2D eigenvalue weighted by Crippen LogP contribution is 2.68. The predicted octanol–water partition coefficient (Wildman–Crippen LogP) is 5.03. The maximum absolute atomic E-state index is 13.2. The van der Waals surface area contributed by atoms with Gasteiger partial charge in [-0.3, -0.25) is 4.79 Å². The van der Waals surface area contributed by atoms with Gasteiger partial charge >= 0.3 is 0 Å². The monoisotopic (exact) mass is 428 g/mol. The van der Waals surface area contributed by atoms with Gasteiger partial charge in [0, 0.05) is 11.5 Å². The minimum Gasteiger partial charge on any atom is -0.468 e. The number of hydrogen-bond donors (Lipinski definition) is 1. The van der Waals surface area contributed by atoms with Crippen LogP contribution >= 0.6 is 0 Å². The minimum absolute atomic E-state index is 0.0340. The van der Waals surface area contributed by atoms with Crippen molar-refractivity contribution < 1.29 is 19.0 Å². The number of fused-ring (bicyclic) bond motifs is 3. The molecule has 5 heteroatoms. The molecule has 1 aliphatic heterocycles. The van der Waals surface area contributed by atoms with Crippen molar-refractivity contribution in [3.63, 3.8) is 0 Å². The molecule has 2 heterocycles. The van der Waals surface area contributed by atoms with E-state index in [1.165, 1.54) is 7.11 Å². The van der Waals surface area contributed by atoms with E-state index in [1.54, 1.807) is 13.8 Å². The third-order valence-corrected chi connectivity index (χ3v) is 9.09. The third kappa shape index (κ3) is 3.07. The number of rotatable bonds is 4. The molecule has 4 rings (SSSR count). The zero-order chi connectivity index (χ0) is 22.7. The number of methoxy groups -OCH3 is 1. The fourth-order valence-corrected chi connectivity index (χ4v) is 6.90. The van der Waals surface area contributed by atoms with E-state index in [1.807, 2.05) is 6.08 Å². The Labute approximate surface area is 185 Å². The Morgan fingerprint density at radius 3 is 2.61 bits per heavy atom. The third-order valence-electron chi connectivity index (χ3n) is 9.09. The molecule has 1 saturated heterocycles. The van der Waals surface area contributed by atoms with E-state index >= 15 is 0 Å². The molecule has 170 valence electrons. The summed E-state index contributed by atoms with van der Waals surface area (Å²) in [7, 11) is 1.47. The summed E-state index contributed by atoms with van der Waals surface area (Å²) in [4.78, 5) is 13.2. The lowest BCUT2D eigenvalue weighted by Crippen LogP contribution is -2.57. The van der Waals surface area contributed by atoms with Crippen LogP contribution in [0, 0.1) is 36.5 Å². The molecule has 3 unspecified atom stereocenters. The molecule has 2 saturated carbocycles. The van der Waals surface area contributed by atoms with E-state index in [9.17, 15) is 9.90 Å². The molecule has 2 aliphatic carbocycles. The molecular formula is C26H36O5. The summed E-state index contributed by atoms with van der Waals surface area (Å²) >= 11 is 0. The van der Waals surface area contributed by atoms with Crippen LogP contribution in [0.4, 0.5) is 0 Å². The highest BCUT2D eigenvalue weighted by molar-refractivity contribution is 5.35. The van der Waals surface area contributed by atoms with E-state index in [-0.39, 0.29) is 45.9 Å². The molecule has 0 amide bonds. The molecule has 1 aromatic rings. The number of aliphatic hydroxyl groups is 1. The summed E-state index contributed by atoms with van der Waals surface area (Å²) in [6.07, 6.45) is 5.86. The lowest BCUT2D eigenvalue weighted by atomic mass is 9.42. The first-order valence-electron chi connectivity index (χ1n) is 11.4. The van der Waals surface area contributed by atoms with Crippen molar-refractivity contribution in [2.24, 2.45) is 22.7 Å². The molecule has 1 aromatic heterocycles. The van der Waals surface area contributed by atoms with Crippen molar-refractivity contribution in [1.82, 2.24) is 0 Å². The average Bonchev–Trinajstić information content (AvgIpc) is 3.17. The average molecular weight is 429 g/mol. The summed E-state index contributed by atoms with van der Waals surface area (Å²) in [5.41, 5.74) is 1.26. The van der Waals surface area contributed by atoms with E-state index in [0.717, 1.165) is 37.7 Å². The van der Waals surface area contributed by atoms with Crippen molar-refractivity contribution in [2.75, 3.05) is 7.11 Å². The van der Waals surface area contributed by atoms with Gasteiger partial charge in [0.05, 0.1) is 25.4 Å². The molecular weight excluding hydrogens is 392 g/mol. The van der Waals surface area contributed by atoms with Crippen molar-refractivity contribution in [3.05, 3.63) is 51.9 Å². The SMILES string of the molecule is C=C[C@@H]1CC2[C@H](CC[C@]3(C)C(C(O)c4c(OC)oc(C)c(C)c4=O)C(=C)CC[C@]23C)O1. The molecule has 7 atom stereocenters. The Morgan fingerprint density at radius 2 is 1.97 bits per heavy atom. The van der Waals surface area contributed by atoms with E-state index in [0.29, 0.717) is 17.2 Å². The smallest absolute Gasteiger partial charge is 0.294 e. The maximum atomic E-state index is 13.2. The van der Waals surface area contributed by atoms with Crippen LogP contribution in [-0.4, -0.2) is 24.4 Å². The second-order valence-electron chi connectivity index (χ2n) is 10.3. The zero-order valence-electron chi connectivity index (χ0n) is 19.5. The van der Waals surface area contributed by atoms with Crippen molar-refractivity contribution in [1.29, 1.82) is 0 Å². The number of hydrogen-bond acceptors (Lipinski definition) is 5. The fourth-order valence-electron chi connectivity index (χ4n) is 6.90. The van der Waals surface area contributed by atoms with Crippen LogP contribution in [0.15, 0.2) is 34.0 Å². The Kier molecular flexibility index (Phi) is 5.50. The number of ether oxygens (including phenoxy) is 2. The summed E-state index contributed by atoms with van der Waals surface area (Å²) in [5, 5.41) is 11.7. The fraction of sp³-hybridized carbons (Fsp3) is 0.654. The number of aryl methyl sites for hydroxylation is 1. The lowest BCUT2D eigenvalue weighted by Gasteiger charge is -2.62. The van der Waals surface area contributed by atoms with Gasteiger partial charge in [0.25, 0.3) is 5.95 Å². The molecule has 0 bridgehead atoms. The molecule has 31 heavy (non-hydrogen) atoms. The first kappa shape index (κ1) is 22.3. The largest absolute Gasteiger partial charge is 0.468 e. The van der Waals surface area contributed by atoms with Gasteiger partial charge in [0.15, 0.2) is 5.43 Å². The summed E-state index contributed by atoms with van der Waals surface area (Å²) in [6, 6.07) is 0. The highest BCUT2D eigenvalue weighted by atomic mass is 16.6. The highest BCUT2D eigenvalue weighted by Gasteiger charge is 2.63. The maximum Gasteiger partial charge on any atom is 0.294 e. The van der Waals surface area contributed by atoms with E-state index in [2.05, 4.69) is 27.0 Å². The van der Waals surface area contributed by atoms with Gasteiger partial charge in [0.2, 0.25) is 0 Å².